The molecule has 2 heterocycles. The highest BCUT2D eigenvalue weighted by molar-refractivity contribution is 7.88. The van der Waals surface area contributed by atoms with E-state index < -0.39 is 45.2 Å². The lowest BCUT2D eigenvalue weighted by Gasteiger charge is -2.59. The lowest BCUT2D eigenvalue weighted by Crippen LogP contribution is -2.72. The average Bonchev–Trinajstić information content (AvgIpc) is 2.73. The predicted molar refractivity (Wildman–Crippen MR) is 126 cm³/mol. The Morgan fingerprint density at radius 3 is 2.00 bits per heavy atom. The highest BCUT2D eigenvalue weighted by Gasteiger charge is 2.71. The maximum absolute atomic E-state index is 15.5. The molecule has 2 aromatic carbocycles. The van der Waals surface area contributed by atoms with Crippen LogP contribution < -0.4 is 0 Å². The zero-order chi connectivity index (χ0) is 29.3. The maximum atomic E-state index is 15.5. The summed E-state index contributed by atoms with van der Waals surface area (Å²) in [6.45, 7) is 4.41. The minimum atomic E-state index is -6.08. The summed E-state index contributed by atoms with van der Waals surface area (Å²) in [5.74, 6) is -1.64. The van der Waals surface area contributed by atoms with Gasteiger partial charge in [-0.3, -0.25) is 4.90 Å². The van der Waals surface area contributed by atoms with Crippen molar-refractivity contribution >= 4 is 10.0 Å². The van der Waals surface area contributed by atoms with Crippen molar-refractivity contribution in [3.8, 4) is 11.1 Å². The van der Waals surface area contributed by atoms with Crippen LogP contribution >= 0.6 is 0 Å². The first-order valence-electron chi connectivity index (χ1n) is 11.9. The number of likely N-dealkylation sites (tertiary alicyclic amines) is 1. The smallest absolute Gasteiger partial charge is 0.369 e. The van der Waals surface area contributed by atoms with Gasteiger partial charge >= 0.3 is 12.4 Å². The molecule has 4 rings (SSSR count). The van der Waals surface area contributed by atoms with Gasteiger partial charge in [0.2, 0.25) is 10.0 Å². The molecule has 0 bridgehead atoms. The molecule has 2 aliphatic rings. The lowest BCUT2D eigenvalue weighted by molar-refractivity contribution is -0.376. The van der Waals surface area contributed by atoms with E-state index in [0.29, 0.717) is 38.3 Å². The summed E-state index contributed by atoms with van der Waals surface area (Å²) >= 11 is 0. The molecule has 2 fully saturated rings. The SMILES string of the molecule is CCc1c(F)c(CN2CC3(C2)CN(S(C)(=O)=O)C3)cc(F)c1-c1ccc(C(O)(C(F)(F)F)C(F)(F)F)cc1C. The molecule has 0 atom stereocenters. The van der Waals surface area contributed by atoms with Crippen LogP contribution in [0.3, 0.4) is 0 Å². The zero-order valence-corrected chi connectivity index (χ0v) is 22.0. The van der Waals surface area contributed by atoms with Gasteiger partial charge in [0.25, 0.3) is 5.60 Å². The fourth-order valence-electron chi connectivity index (χ4n) is 5.52. The molecule has 216 valence electrons. The third kappa shape index (κ3) is 4.93. The molecule has 1 spiro atoms. The molecular formula is C25H26F8N2O3S. The van der Waals surface area contributed by atoms with Gasteiger partial charge in [-0.05, 0) is 36.1 Å². The third-order valence-electron chi connectivity index (χ3n) is 7.48. The summed E-state index contributed by atoms with van der Waals surface area (Å²) < 4.78 is 135. The van der Waals surface area contributed by atoms with E-state index in [2.05, 4.69) is 0 Å². The molecule has 0 aliphatic carbocycles. The number of sulfonamides is 1. The molecule has 0 saturated carbocycles. The molecular weight excluding hydrogens is 560 g/mol. The Morgan fingerprint density at radius 1 is 0.974 bits per heavy atom. The van der Waals surface area contributed by atoms with E-state index in [-0.39, 0.29) is 46.2 Å². The van der Waals surface area contributed by atoms with Crippen LogP contribution in [0.1, 0.15) is 29.2 Å². The van der Waals surface area contributed by atoms with E-state index in [4.69, 9.17) is 0 Å². The van der Waals surface area contributed by atoms with E-state index in [1.54, 1.807) is 0 Å². The minimum absolute atomic E-state index is 0.0184. The Balaban J connectivity index is 1.62. The van der Waals surface area contributed by atoms with Crippen molar-refractivity contribution in [3.63, 3.8) is 0 Å². The Labute approximate surface area is 220 Å². The summed E-state index contributed by atoms with van der Waals surface area (Å²) in [5, 5.41) is 9.68. The first-order chi connectivity index (χ1) is 17.7. The number of aryl methyl sites for hydroxylation is 1. The standard InChI is InChI=1S/C25H26F8N2O3S/c1-4-17-20(18-6-5-16(7-14(18)2)23(36,24(28,29)30)25(31,32)33)19(26)8-15(21(17)27)9-34-10-22(11-34)12-35(13-22)39(3,37)38/h5-8,36H,4,9-13H2,1-3H3. The predicted octanol–water partition coefficient (Wildman–Crippen LogP) is 4.89. The summed E-state index contributed by atoms with van der Waals surface area (Å²) in [7, 11) is -3.29. The largest absolute Gasteiger partial charge is 0.430 e. The summed E-state index contributed by atoms with van der Waals surface area (Å²) in [5.41, 5.74) is -7.53. The molecule has 2 saturated heterocycles. The van der Waals surface area contributed by atoms with Crippen LogP contribution in [0.5, 0.6) is 0 Å². The quantitative estimate of drug-likeness (QED) is 0.490. The third-order valence-corrected chi connectivity index (χ3v) is 8.68. The number of hydrogen-bond donors (Lipinski definition) is 1. The number of aliphatic hydroxyl groups is 1. The van der Waals surface area contributed by atoms with Gasteiger partial charge in [-0.25, -0.2) is 21.5 Å². The van der Waals surface area contributed by atoms with Gasteiger partial charge in [-0.1, -0.05) is 25.1 Å². The average molecular weight is 587 g/mol. The number of benzene rings is 2. The topological polar surface area (TPSA) is 60.9 Å². The Kier molecular flexibility index (Phi) is 7.14. The number of hydrogen-bond acceptors (Lipinski definition) is 4. The van der Waals surface area contributed by atoms with Crippen molar-refractivity contribution in [3.05, 3.63) is 58.2 Å². The van der Waals surface area contributed by atoms with E-state index >= 15 is 8.78 Å². The highest BCUT2D eigenvalue weighted by atomic mass is 32.2. The molecule has 2 aromatic rings. The Morgan fingerprint density at radius 2 is 1.54 bits per heavy atom. The summed E-state index contributed by atoms with van der Waals surface area (Å²) in [4.78, 5) is 1.84. The molecule has 5 nitrogen and oxygen atoms in total. The molecule has 1 N–H and O–H groups in total. The van der Waals surface area contributed by atoms with Crippen LogP contribution in [0, 0.1) is 24.0 Å². The van der Waals surface area contributed by atoms with Crippen molar-refractivity contribution in [1.29, 1.82) is 0 Å². The fraction of sp³-hybridized carbons (Fsp3) is 0.520. The van der Waals surface area contributed by atoms with Crippen LogP contribution in [0.15, 0.2) is 24.3 Å². The van der Waals surface area contributed by atoms with Gasteiger partial charge in [0.1, 0.15) is 11.6 Å². The second kappa shape index (κ2) is 9.38. The van der Waals surface area contributed by atoms with Gasteiger partial charge < -0.3 is 5.11 Å². The van der Waals surface area contributed by atoms with E-state index in [1.807, 2.05) is 4.90 Å². The highest BCUT2D eigenvalue weighted by Crippen LogP contribution is 2.51. The van der Waals surface area contributed by atoms with Gasteiger partial charge in [0.05, 0.1) is 6.26 Å². The molecule has 0 radical (unpaired) electrons. The lowest BCUT2D eigenvalue weighted by atomic mass is 9.74. The summed E-state index contributed by atoms with van der Waals surface area (Å²) in [6.07, 6.45) is -11.1. The Hall–Kier alpha value is -2.29. The van der Waals surface area contributed by atoms with Crippen LogP contribution in [-0.2, 0) is 28.6 Å². The zero-order valence-electron chi connectivity index (χ0n) is 21.1. The van der Waals surface area contributed by atoms with E-state index in [1.165, 1.54) is 11.2 Å². The van der Waals surface area contributed by atoms with Crippen molar-refractivity contribution in [1.82, 2.24) is 9.21 Å². The van der Waals surface area contributed by atoms with Crippen molar-refractivity contribution < 1.29 is 48.6 Å². The van der Waals surface area contributed by atoms with E-state index in [0.717, 1.165) is 25.3 Å². The molecule has 0 unspecified atom stereocenters. The van der Waals surface area contributed by atoms with Crippen LogP contribution in [0.2, 0.25) is 0 Å². The second-order valence-electron chi connectivity index (χ2n) is 10.5. The monoisotopic (exact) mass is 586 g/mol. The number of halogens is 8. The normalized spacial score (nSPS) is 18.8. The molecule has 39 heavy (non-hydrogen) atoms. The summed E-state index contributed by atoms with van der Waals surface area (Å²) in [6, 6.07) is 2.64. The minimum Gasteiger partial charge on any atom is -0.369 e. The van der Waals surface area contributed by atoms with Gasteiger partial charge in [0.15, 0.2) is 0 Å². The van der Waals surface area contributed by atoms with Crippen molar-refractivity contribution in [2.24, 2.45) is 5.41 Å². The maximum Gasteiger partial charge on any atom is 0.430 e. The molecule has 14 heteroatoms. The van der Waals surface area contributed by atoms with Crippen LogP contribution in [0.4, 0.5) is 35.1 Å². The first kappa shape index (κ1) is 29.7. The number of alkyl halides is 6. The Bertz CT molecular complexity index is 1380. The van der Waals surface area contributed by atoms with Gasteiger partial charge in [-0.15, -0.1) is 0 Å². The fourth-order valence-corrected chi connectivity index (χ4v) is 6.54. The molecule has 0 aromatic heterocycles. The van der Waals surface area contributed by atoms with Crippen LogP contribution in [-0.4, -0.2) is 67.5 Å². The molecule has 2 aliphatic heterocycles. The first-order valence-corrected chi connectivity index (χ1v) is 13.7. The second-order valence-corrected chi connectivity index (χ2v) is 12.4. The van der Waals surface area contributed by atoms with Crippen molar-refractivity contribution in [2.45, 2.75) is 44.8 Å². The van der Waals surface area contributed by atoms with Crippen molar-refractivity contribution in [2.75, 3.05) is 32.4 Å². The van der Waals surface area contributed by atoms with Gasteiger partial charge in [0, 0.05) is 54.8 Å². The number of rotatable bonds is 6. The van der Waals surface area contributed by atoms with E-state index in [9.17, 15) is 39.9 Å². The molecule has 0 amide bonds. The number of nitrogens with zero attached hydrogens (tertiary/aromatic N) is 2. The van der Waals surface area contributed by atoms with Crippen LogP contribution in [0.25, 0.3) is 11.1 Å². The van der Waals surface area contributed by atoms with Gasteiger partial charge in [-0.2, -0.15) is 26.3 Å².